The van der Waals surface area contributed by atoms with Gasteiger partial charge in [0.1, 0.15) is 0 Å². The number of amides is 1. The average molecular weight is 281 g/mol. The molecule has 1 aromatic carbocycles. The molecule has 0 fully saturated rings. The van der Waals surface area contributed by atoms with Crippen molar-refractivity contribution < 1.29 is 9.90 Å². The maximum atomic E-state index is 8.78. The molecule has 1 aliphatic heterocycles. The van der Waals surface area contributed by atoms with Crippen LogP contribution >= 0.6 is 0 Å². The van der Waals surface area contributed by atoms with E-state index in [2.05, 4.69) is 34.2 Å². The topological polar surface area (TPSA) is 88.2 Å². The minimum Gasteiger partial charge on any atom is -0.465 e. The lowest BCUT2D eigenvalue weighted by Gasteiger charge is -2.10. The van der Waals surface area contributed by atoms with E-state index in [1.165, 1.54) is 5.56 Å². The van der Waals surface area contributed by atoms with Crippen LogP contribution in [0.5, 0.6) is 0 Å². The highest BCUT2D eigenvalue weighted by atomic mass is 16.4. The first-order valence-electron chi connectivity index (χ1n) is 6.31. The lowest BCUT2D eigenvalue weighted by atomic mass is 10.2. The molecule has 0 saturated carbocycles. The van der Waals surface area contributed by atoms with Crippen molar-refractivity contribution in [1.29, 1.82) is 0 Å². The molecule has 5 nitrogen and oxygen atoms in total. The molecule has 0 saturated heterocycles. The first-order chi connectivity index (χ1) is 10.2. The SMILES string of the molecule is C1=Cc2ccccc2NC(c2ccccn2)=C1.NC(=O)O. The van der Waals surface area contributed by atoms with E-state index in [1.807, 2.05) is 42.5 Å². The van der Waals surface area contributed by atoms with Gasteiger partial charge in [-0.15, -0.1) is 0 Å². The summed E-state index contributed by atoms with van der Waals surface area (Å²) in [7, 11) is 0. The number of rotatable bonds is 1. The number of aromatic nitrogens is 1. The highest BCUT2D eigenvalue weighted by Gasteiger charge is 2.06. The molecule has 1 aliphatic rings. The zero-order valence-electron chi connectivity index (χ0n) is 11.2. The van der Waals surface area contributed by atoms with Gasteiger partial charge in [0.05, 0.1) is 11.4 Å². The molecule has 3 rings (SSSR count). The third kappa shape index (κ3) is 4.21. The summed E-state index contributed by atoms with van der Waals surface area (Å²) >= 11 is 0. The number of fused-ring (bicyclic) bond motifs is 1. The number of nitrogens with two attached hydrogens (primary N) is 1. The third-order valence-electron chi connectivity index (χ3n) is 2.71. The van der Waals surface area contributed by atoms with Gasteiger partial charge in [-0.25, -0.2) is 4.79 Å². The van der Waals surface area contributed by atoms with Crippen molar-refractivity contribution >= 4 is 23.6 Å². The zero-order chi connectivity index (χ0) is 15.1. The first-order valence-corrected chi connectivity index (χ1v) is 6.31. The molecule has 0 atom stereocenters. The lowest BCUT2D eigenvalue weighted by molar-refractivity contribution is 0.205. The summed E-state index contributed by atoms with van der Waals surface area (Å²) in [4.78, 5) is 13.1. The van der Waals surface area contributed by atoms with Crippen LogP contribution in [0.2, 0.25) is 0 Å². The number of pyridine rings is 1. The Morgan fingerprint density at radius 2 is 1.86 bits per heavy atom. The fourth-order valence-corrected chi connectivity index (χ4v) is 1.86. The second kappa shape index (κ2) is 6.91. The number of primary amides is 1. The van der Waals surface area contributed by atoms with Crippen molar-refractivity contribution in [2.24, 2.45) is 5.73 Å². The Hall–Kier alpha value is -3.08. The highest BCUT2D eigenvalue weighted by Crippen LogP contribution is 2.24. The van der Waals surface area contributed by atoms with E-state index < -0.39 is 6.09 Å². The van der Waals surface area contributed by atoms with Crippen molar-refractivity contribution in [3.63, 3.8) is 0 Å². The molecule has 1 aromatic heterocycles. The van der Waals surface area contributed by atoms with Crippen LogP contribution in [0.3, 0.4) is 0 Å². The molecule has 4 N–H and O–H groups in total. The molecule has 5 heteroatoms. The molecule has 0 bridgehead atoms. The average Bonchev–Trinajstić information content (AvgIpc) is 2.70. The number of hydrogen-bond acceptors (Lipinski definition) is 3. The van der Waals surface area contributed by atoms with E-state index in [4.69, 9.17) is 9.90 Å². The number of benzene rings is 1. The van der Waals surface area contributed by atoms with E-state index in [9.17, 15) is 0 Å². The van der Waals surface area contributed by atoms with Gasteiger partial charge in [-0.2, -0.15) is 0 Å². The van der Waals surface area contributed by atoms with E-state index in [0.29, 0.717) is 0 Å². The van der Waals surface area contributed by atoms with Crippen molar-refractivity contribution in [3.05, 3.63) is 72.1 Å². The van der Waals surface area contributed by atoms with Crippen LogP contribution in [0.25, 0.3) is 11.8 Å². The zero-order valence-corrected chi connectivity index (χ0v) is 11.2. The molecule has 0 spiro atoms. The number of para-hydroxylation sites is 1. The molecule has 21 heavy (non-hydrogen) atoms. The van der Waals surface area contributed by atoms with Crippen molar-refractivity contribution in [1.82, 2.24) is 4.98 Å². The van der Waals surface area contributed by atoms with Gasteiger partial charge in [-0.1, -0.05) is 36.4 Å². The van der Waals surface area contributed by atoms with E-state index >= 15 is 0 Å². The Kier molecular flexibility index (Phi) is 4.71. The van der Waals surface area contributed by atoms with Crippen molar-refractivity contribution in [3.8, 4) is 0 Å². The number of carboxylic acid groups (broad SMARTS) is 1. The summed E-state index contributed by atoms with van der Waals surface area (Å²) in [5.41, 5.74) is 8.30. The number of nitrogens with one attached hydrogen (secondary N) is 1. The van der Waals surface area contributed by atoms with Gasteiger partial charge in [0, 0.05) is 11.9 Å². The summed E-state index contributed by atoms with van der Waals surface area (Å²) in [6.45, 7) is 0. The summed E-state index contributed by atoms with van der Waals surface area (Å²) in [5, 5.41) is 10.6. The smallest absolute Gasteiger partial charge is 0.402 e. The Bertz CT molecular complexity index is 675. The molecule has 106 valence electrons. The molecule has 0 aliphatic carbocycles. The van der Waals surface area contributed by atoms with Gasteiger partial charge in [0.15, 0.2) is 0 Å². The van der Waals surface area contributed by atoms with Crippen LogP contribution < -0.4 is 11.1 Å². The summed E-state index contributed by atoms with van der Waals surface area (Å²) in [6, 6.07) is 14.1. The number of anilines is 1. The Labute approximate surface area is 122 Å². The normalized spacial score (nSPS) is 11.9. The largest absolute Gasteiger partial charge is 0.465 e. The number of allylic oxidation sites excluding steroid dienone is 2. The van der Waals surface area contributed by atoms with Gasteiger partial charge >= 0.3 is 6.09 Å². The van der Waals surface area contributed by atoms with E-state index in [-0.39, 0.29) is 0 Å². The quantitative estimate of drug-likeness (QED) is 0.749. The van der Waals surface area contributed by atoms with Crippen LogP contribution in [-0.2, 0) is 0 Å². The molecule has 0 radical (unpaired) electrons. The van der Waals surface area contributed by atoms with E-state index in [1.54, 1.807) is 6.20 Å². The lowest BCUT2D eigenvalue weighted by Crippen LogP contribution is -2.03. The van der Waals surface area contributed by atoms with Crippen LogP contribution in [0.15, 0.2) is 60.8 Å². The summed E-state index contributed by atoms with van der Waals surface area (Å²) < 4.78 is 0. The maximum absolute atomic E-state index is 8.78. The second-order valence-electron chi connectivity index (χ2n) is 4.20. The third-order valence-corrected chi connectivity index (χ3v) is 2.71. The van der Waals surface area contributed by atoms with Crippen molar-refractivity contribution in [2.75, 3.05) is 5.32 Å². The standard InChI is InChI=1S/C15H12N2.CH3NO2/c1-2-8-13-12(6-1)7-5-10-15(17-13)14-9-3-4-11-16-14;2-1(3)4/h1-11,17H;2H2,(H,3,4). The van der Waals surface area contributed by atoms with E-state index in [0.717, 1.165) is 17.1 Å². The summed E-state index contributed by atoms with van der Waals surface area (Å²) in [5.74, 6) is 0. The molecule has 0 unspecified atom stereocenters. The molecule has 1 amide bonds. The number of nitrogens with zero attached hydrogens (tertiary/aromatic N) is 1. The Balaban J connectivity index is 0.000000361. The molecule has 2 aromatic rings. The highest BCUT2D eigenvalue weighted by molar-refractivity contribution is 5.83. The van der Waals surface area contributed by atoms with Crippen LogP contribution in [0.4, 0.5) is 10.5 Å². The monoisotopic (exact) mass is 281 g/mol. The van der Waals surface area contributed by atoms with Gasteiger partial charge in [-0.3, -0.25) is 4.98 Å². The molecular weight excluding hydrogens is 266 g/mol. The molecule has 2 heterocycles. The molecular formula is C16H15N3O2. The second-order valence-corrected chi connectivity index (χ2v) is 4.20. The minimum absolute atomic E-state index is 0.953. The van der Waals surface area contributed by atoms with Gasteiger partial charge in [0.2, 0.25) is 0 Å². The van der Waals surface area contributed by atoms with Crippen LogP contribution in [0.1, 0.15) is 11.3 Å². The predicted octanol–water partition coefficient (Wildman–Crippen LogP) is 3.18. The first kappa shape index (κ1) is 14.3. The fourth-order valence-electron chi connectivity index (χ4n) is 1.86. The van der Waals surface area contributed by atoms with Gasteiger partial charge in [0.25, 0.3) is 0 Å². The maximum Gasteiger partial charge on any atom is 0.402 e. The van der Waals surface area contributed by atoms with Crippen LogP contribution in [-0.4, -0.2) is 16.2 Å². The van der Waals surface area contributed by atoms with Gasteiger partial charge < -0.3 is 16.2 Å². The Morgan fingerprint density at radius 3 is 2.57 bits per heavy atom. The predicted molar refractivity (Wildman–Crippen MR) is 83.5 cm³/mol. The van der Waals surface area contributed by atoms with Crippen molar-refractivity contribution in [2.45, 2.75) is 0 Å². The minimum atomic E-state index is -1.33. The number of carbonyl (C=O) groups is 1. The Morgan fingerprint density at radius 1 is 1.14 bits per heavy atom. The van der Waals surface area contributed by atoms with Crippen LogP contribution in [0, 0.1) is 0 Å². The fraction of sp³-hybridized carbons (Fsp3) is 0. The summed E-state index contributed by atoms with van der Waals surface area (Å²) in [6.07, 6.45) is 6.65. The number of hydrogen-bond donors (Lipinski definition) is 3. The van der Waals surface area contributed by atoms with Gasteiger partial charge in [-0.05, 0) is 29.8 Å².